The van der Waals surface area contributed by atoms with Crippen molar-refractivity contribution in [1.29, 1.82) is 0 Å². The highest BCUT2D eigenvalue weighted by Gasteiger charge is 2.21. The fourth-order valence-electron chi connectivity index (χ4n) is 1.59. The van der Waals surface area contributed by atoms with Crippen LogP contribution in [0.4, 0.5) is 0 Å². The maximum absolute atomic E-state index is 11.1. The van der Waals surface area contributed by atoms with Crippen LogP contribution in [-0.2, 0) is 6.42 Å². The minimum Gasteiger partial charge on any atom is -0.478 e. The van der Waals surface area contributed by atoms with Crippen molar-refractivity contribution in [2.24, 2.45) is 0 Å². The van der Waals surface area contributed by atoms with Gasteiger partial charge in [-0.05, 0) is 17.7 Å². The lowest BCUT2D eigenvalue weighted by Gasteiger charge is -2.03. The molecule has 1 aromatic heterocycles. The van der Waals surface area contributed by atoms with Crippen molar-refractivity contribution in [3.63, 3.8) is 0 Å². The standard InChI is InChI=1S/C12H7Cl3O2S/c13-7-3-1-6(2-4-7)5-8-9(12(16)17)11(15)18-10(8)14/h1-4H,5H2,(H,16,17). The van der Waals surface area contributed by atoms with E-state index in [1.54, 1.807) is 12.1 Å². The first kappa shape index (κ1) is 13.7. The summed E-state index contributed by atoms with van der Waals surface area (Å²) in [6.07, 6.45) is 0.418. The third-order valence-corrected chi connectivity index (χ3v) is 4.36. The number of rotatable bonds is 3. The molecule has 18 heavy (non-hydrogen) atoms. The highest BCUT2D eigenvalue weighted by Crippen LogP contribution is 2.37. The molecule has 0 atom stereocenters. The van der Waals surface area contributed by atoms with E-state index in [0.717, 1.165) is 16.9 Å². The Balaban J connectivity index is 2.39. The van der Waals surface area contributed by atoms with Crippen LogP contribution in [0.15, 0.2) is 24.3 Å². The predicted octanol–water partition coefficient (Wildman–Crippen LogP) is 5.00. The van der Waals surface area contributed by atoms with E-state index in [0.29, 0.717) is 21.3 Å². The fraction of sp³-hybridized carbons (Fsp3) is 0.0833. The summed E-state index contributed by atoms with van der Waals surface area (Å²) in [4.78, 5) is 11.1. The van der Waals surface area contributed by atoms with Crippen LogP contribution in [0.5, 0.6) is 0 Å². The SMILES string of the molecule is O=C(O)c1c(Cl)sc(Cl)c1Cc1ccc(Cl)cc1. The van der Waals surface area contributed by atoms with Gasteiger partial charge >= 0.3 is 5.97 Å². The quantitative estimate of drug-likeness (QED) is 0.864. The topological polar surface area (TPSA) is 37.3 Å². The van der Waals surface area contributed by atoms with Crippen molar-refractivity contribution in [2.45, 2.75) is 6.42 Å². The second-order valence-corrected chi connectivity index (χ2v) is 6.27. The summed E-state index contributed by atoms with van der Waals surface area (Å²) >= 11 is 18.8. The summed E-state index contributed by atoms with van der Waals surface area (Å²) in [5.74, 6) is -1.06. The summed E-state index contributed by atoms with van der Waals surface area (Å²) in [6, 6.07) is 7.16. The van der Waals surface area contributed by atoms with Gasteiger partial charge in [0.25, 0.3) is 0 Å². The second kappa shape index (κ2) is 5.49. The molecule has 0 amide bonds. The van der Waals surface area contributed by atoms with E-state index in [1.165, 1.54) is 0 Å². The number of carboxylic acids is 1. The van der Waals surface area contributed by atoms with Gasteiger partial charge in [0, 0.05) is 17.0 Å². The van der Waals surface area contributed by atoms with Crippen molar-refractivity contribution in [1.82, 2.24) is 0 Å². The molecule has 1 heterocycles. The normalized spacial score (nSPS) is 10.6. The summed E-state index contributed by atoms with van der Waals surface area (Å²) in [5.41, 5.74) is 1.56. The van der Waals surface area contributed by atoms with Gasteiger partial charge in [-0.1, -0.05) is 46.9 Å². The lowest BCUT2D eigenvalue weighted by molar-refractivity contribution is 0.0696. The highest BCUT2D eigenvalue weighted by molar-refractivity contribution is 7.20. The van der Waals surface area contributed by atoms with Gasteiger partial charge < -0.3 is 5.11 Å². The summed E-state index contributed by atoms with van der Waals surface area (Å²) in [7, 11) is 0. The van der Waals surface area contributed by atoms with Crippen LogP contribution in [0.25, 0.3) is 0 Å². The molecule has 6 heteroatoms. The first-order valence-corrected chi connectivity index (χ1v) is 6.88. The fourth-order valence-corrected chi connectivity index (χ4v) is 3.42. The van der Waals surface area contributed by atoms with E-state index in [9.17, 15) is 4.79 Å². The Morgan fingerprint density at radius 2 is 1.72 bits per heavy atom. The van der Waals surface area contributed by atoms with Crippen LogP contribution in [0.1, 0.15) is 21.5 Å². The number of benzene rings is 1. The molecule has 0 fully saturated rings. The molecular formula is C12H7Cl3O2S. The lowest BCUT2D eigenvalue weighted by atomic mass is 10.0. The van der Waals surface area contributed by atoms with Gasteiger partial charge in [-0.3, -0.25) is 0 Å². The van der Waals surface area contributed by atoms with Crippen molar-refractivity contribution < 1.29 is 9.90 Å². The molecule has 0 aliphatic carbocycles. The van der Waals surface area contributed by atoms with Gasteiger partial charge in [0.1, 0.15) is 4.34 Å². The van der Waals surface area contributed by atoms with Crippen LogP contribution in [0.3, 0.4) is 0 Å². The van der Waals surface area contributed by atoms with Gasteiger partial charge in [-0.25, -0.2) is 4.79 Å². The molecule has 2 rings (SSSR count). The lowest BCUT2D eigenvalue weighted by Crippen LogP contribution is -2.01. The minimum absolute atomic E-state index is 0.0848. The molecule has 2 aromatic rings. The van der Waals surface area contributed by atoms with Gasteiger partial charge in [-0.2, -0.15) is 0 Å². The Kier molecular flexibility index (Phi) is 4.17. The number of carbonyl (C=O) groups is 1. The molecule has 0 saturated carbocycles. The molecule has 0 unspecified atom stereocenters. The van der Waals surface area contributed by atoms with Gasteiger partial charge in [0.15, 0.2) is 0 Å². The molecule has 0 spiro atoms. The average molecular weight is 322 g/mol. The van der Waals surface area contributed by atoms with E-state index < -0.39 is 5.97 Å². The van der Waals surface area contributed by atoms with Crippen LogP contribution in [0.2, 0.25) is 13.7 Å². The highest BCUT2D eigenvalue weighted by atomic mass is 35.5. The number of aromatic carboxylic acids is 1. The minimum atomic E-state index is -1.06. The Morgan fingerprint density at radius 3 is 2.28 bits per heavy atom. The summed E-state index contributed by atoms with van der Waals surface area (Å²) < 4.78 is 0.615. The smallest absolute Gasteiger partial charge is 0.338 e. The van der Waals surface area contributed by atoms with Gasteiger partial charge in [-0.15, -0.1) is 11.3 Å². The molecule has 94 valence electrons. The zero-order chi connectivity index (χ0) is 13.3. The maximum Gasteiger partial charge on any atom is 0.338 e. The van der Waals surface area contributed by atoms with Crippen molar-refractivity contribution >= 4 is 52.1 Å². The number of thiophene rings is 1. The zero-order valence-corrected chi connectivity index (χ0v) is 12.0. The molecule has 0 radical (unpaired) electrons. The van der Waals surface area contributed by atoms with E-state index in [4.69, 9.17) is 39.9 Å². The van der Waals surface area contributed by atoms with E-state index in [-0.39, 0.29) is 9.90 Å². The van der Waals surface area contributed by atoms with Gasteiger partial charge in [0.05, 0.1) is 9.90 Å². The second-order valence-electron chi connectivity index (χ2n) is 3.61. The van der Waals surface area contributed by atoms with Crippen molar-refractivity contribution in [2.75, 3.05) is 0 Å². The molecule has 1 N–H and O–H groups in total. The van der Waals surface area contributed by atoms with Gasteiger partial charge in [0.2, 0.25) is 0 Å². The molecular weight excluding hydrogens is 315 g/mol. The van der Waals surface area contributed by atoms with Crippen LogP contribution < -0.4 is 0 Å². The number of halogens is 3. The monoisotopic (exact) mass is 320 g/mol. The first-order chi connectivity index (χ1) is 8.49. The Hall–Kier alpha value is -0.740. The molecule has 0 bridgehead atoms. The van der Waals surface area contributed by atoms with E-state index in [2.05, 4.69) is 0 Å². The van der Waals surface area contributed by atoms with E-state index in [1.807, 2.05) is 12.1 Å². The molecule has 0 aliphatic rings. The van der Waals surface area contributed by atoms with Crippen LogP contribution >= 0.6 is 46.1 Å². The largest absolute Gasteiger partial charge is 0.478 e. The molecule has 2 nitrogen and oxygen atoms in total. The zero-order valence-electron chi connectivity index (χ0n) is 8.91. The molecule has 1 aromatic carbocycles. The molecule has 0 aliphatic heterocycles. The van der Waals surface area contributed by atoms with Crippen LogP contribution in [-0.4, -0.2) is 11.1 Å². The van der Waals surface area contributed by atoms with Crippen molar-refractivity contribution in [3.8, 4) is 0 Å². The van der Waals surface area contributed by atoms with Crippen LogP contribution in [0, 0.1) is 0 Å². The first-order valence-electron chi connectivity index (χ1n) is 4.93. The third kappa shape index (κ3) is 2.81. The number of hydrogen-bond donors (Lipinski definition) is 1. The Bertz CT molecular complexity index is 590. The number of hydrogen-bond acceptors (Lipinski definition) is 2. The summed E-state index contributed by atoms with van der Waals surface area (Å²) in [5, 5.41) is 9.76. The summed E-state index contributed by atoms with van der Waals surface area (Å²) in [6.45, 7) is 0. The van der Waals surface area contributed by atoms with Crippen molar-refractivity contribution in [3.05, 3.63) is 54.7 Å². The Morgan fingerprint density at radius 1 is 1.11 bits per heavy atom. The molecule has 0 saturated heterocycles. The predicted molar refractivity (Wildman–Crippen MR) is 75.6 cm³/mol. The number of carboxylic acid groups (broad SMARTS) is 1. The van der Waals surface area contributed by atoms with E-state index >= 15 is 0 Å². The average Bonchev–Trinajstić information content (AvgIpc) is 2.57. The third-order valence-electron chi connectivity index (χ3n) is 2.42. The maximum atomic E-state index is 11.1. The Labute approximate surface area is 123 Å².